The van der Waals surface area contributed by atoms with Gasteiger partial charge in [0.15, 0.2) is 0 Å². The Balaban J connectivity index is 1.45. The molecule has 8 rings (SSSR count). The highest BCUT2D eigenvalue weighted by Crippen LogP contribution is 2.48. The number of benzene rings is 7. The van der Waals surface area contributed by atoms with Gasteiger partial charge in [0.25, 0.3) is 0 Å². The monoisotopic (exact) mass is 444 g/mol. The predicted octanol–water partition coefficient (Wildman–Crippen LogP) is 9.74. The van der Waals surface area contributed by atoms with Gasteiger partial charge in [-0.25, -0.2) is 0 Å². The van der Waals surface area contributed by atoms with E-state index in [0.717, 1.165) is 17.1 Å². The van der Waals surface area contributed by atoms with E-state index in [-0.39, 0.29) is 0 Å². The SMILES string of the molecule is c1ccc2c(c1)Oc1cc(-c3cccc4ccc5cc6ccccc6cc5c34)cc3cccc-2c13. The van der Waals surface area contributed by atoms with E-state index < -0.39 is 0 Å². The molecule has 0 saturated heterocycles. The Hall–Kier alpha value is -4.62. The van der Waals surface area contributed by atoms with Crippen LogP contribution in [0.1, 0.15) is 0 Å². The zero-order valence-corrected chi connectivity index (χ0v) is 19.0. The van der Waals surface area contributed by atoms with Crippen LogP contribution >= 0.6 is 0 Å². The number of hydrogen-bond donors (Lipinski definition) is 0. The molecule has 7 aromatic rings. The maximum absolute atomic E-state index is 6.47. The summed E-state index contributed by atoms with van der Waals surface area (Å²) in [6.07, 6.45) is 0. The van der Waals surface area contributed by atoms with E-state index in [1.807, 2.05) is 6.07 Å². The van der Waals surface area contributed by atoms with Gasteiger partial charge in [-0.2, -0.15) is 0 Å². The summed E-state index contributed by atoms with van der Waals surface area (Å²) in [4.78, 5) is 0. The highest BCUT2D eigenvalue weighted by Gasteiger charge is 2.21. The summed E-state index contributed by atoms with van der Waals surface area (Å²) in [6.45, 7) is 0. The van der Waals surface area contributed by atoms with Crippen LogP contribution in [0.2, 0.25) is 0 Å². The molecule has 0 radical (unpaired) electrons. The average molecular weight is 445 g/mol. The summed E-state index contributed by atoms with van der Waals surface area (Å²) >= 11 is 0. The molecule has 0 aromatic heterocycles. The molecule has 1 nitrogen and oxygen atoms in total. The highest BCUT2D eigenvalue weighted by atomic mass is 16.5. The zero-order chi connectivity index (χ0) is 22.9. The second kappa shape index (κ2) is 6.94. The van der Waals surface area contributed by atoms with Crippen LogP contribution in [-0.2, 0) is 0 Å². The van der Waals surface area contributed by atoms with Crippen molar-refractivity contribution in [3.8, 4) is 33.8 Å². The number of rotatable bonds is 1. The number of hydrogen-bond acceptors (Lipinski definition) is 1. The maximum atomic E-state index is 6.47. The molecule has 0 saturated carbocycles. The first-order valence-electron chi connectivity index (χ1n) is 12.0. The molecule has 35 heavy (non-hydrogen) atoms. The predicted molar refractivity (Wildman–Crippen MR) is 147 cm³/mol. The van der Waals surface area contributed by atoms with Gasteiger partial charge in [-0.1, -0.05) is 91.0 Å². The minimum atomic E-state index is 0.916. The molecule has 1 aliphatic heterocycles. The third-order valence-electron chi connectivity index (χ3n) is 7.38. The Bertz CT molecular complexity index is 1980. The molecule has 1 aliphatic rings. The lowest BCUT2D eigenvalue weighted by atomic mass is 9.89. The Morgan fingerprint density at radius 3 is 1.97 bits per heavy atom. The van der Waals surface area contributed by atoms with Crippen molar-refractivity contribution >= 4 is 43.1 Å². The van der Waals surface area contributed by atoms with Crippen LogP contribution in [0.4, 0.5) is 0 Å². The summed E-state index contributed by atoms with van der Waals surface area (Å²) < 4.78 is 6.47. The fourth-order valence-electron chi connectivity index (χ4n) is 5.79. The van der Waals surface area contributed by atoms with Gasteiger partial charge in [0.1, 0.15) is 11.5 Å². The van der Waals surface area contributed by atoms with Gasteiger partial charge >= 0.3 is 0 Å². The van der Waals surface area contributed by atoms with E-state index in [9.17, 15) is 0 Å². The van der Waals surface area contributed by atoms with E-state index in [4.69, 9.17) is 4.74 Å². The molecule has 1 heterocycles. The smallest absolute Gasteiger partial charge is 0.136 e. The fraction of sp³-hybridized carbons (Fsp3) is 0. The Morgan fingerprint density at radius 2 is 1.06 bits per heavy atom. The Kier molecular flexibility index (Phi) is 3.72. The van der Waals surface area contributed by atoms with Crippen molar-refractivity contribution in [1.82, 2.24) is 0 Å². The van der Waals surface area contributed by atoms with Crippen LogP contribution in [0.15, 0.2) is 121 Å². The first kappa shape index (κ1) is 18.8. The lowest BCUT2D eigenvalue weighted by Gasteiger charge is -2.22. The van der Waals surface area contributed by atoms with E-state index in [0.29, 0.717) is 0 Å². The van der Waals surface area contributed by atoms with Crippen molar-refractivity contribution in [3.63, 3.8) is 0 Å². The first-order chi connectivity index (χ1) is 17.3. The molecule has 1 heteroatoms. The lowest BCUT2D eigenvalue weighted by Crippen LogP contribution is -1.97. The van der Waals surface area contributed by atoms with E-state index in [1.54, 1.807) is 0 Å². The van der Waals surface area contributed by atoms with Gasteiger partial charge in [-0.3, -0.25) is 0 Å². The van der Waals surface area contributed by atoms with E-state index in [1.165, 1.54) is 59.8 Å². The number of fused-ring (bicyclic) bond motifs is 6. The van der Waals surface area contributed by atoms with E-state index >= 15 is 0 Å². The molecule has 0 spiro atoms. The van der Waals surface area contributed by atoms with Crippen LogP contribution in [0, 0.1) is 0 Å². The second-order valence-corrected chi connectivity index (χ2v) is 9.37. The summed E-state index contributed by atoms with van der Waals surface area (Å²) in [5, 5.41) is 10.0. The fourth-order valence-corrected chi connectivity index (χ4v) is 5.79. The molecule has 0 fully saturated rings. The van der Waals surface area contributed by atoms with Gasteiger partial charge in [0.2, 0.25) is 0 Å². The van der Waals surface area contributed by atoms with Crippen LogP contribution < -0.4 is 4.74 Å². The minimum Gasteiger partial charge on any atom is -0.456 e. The highest BCUT2D eigenvalue weighted by molar-refractivity contribution is 6.18. The van der Waals surface area contributed by atoms with Crippen LogP contribution in [0.5, 0.6) is 11.5 Å². The molecule has 0 N–H and O–H groups in total. The molecule has 0 bridgehead atoms. The molecule has 0 unspecified atom stereocenters. The molecule has 0 aliphatic carbocycles. The Labute approximate surface area is 202 Å². The standard InChI is InChI=1S/C34H20O/c1-2-8-23-19-30-24(17-22(23)7-1)16-15-21-9-5-12-27(33(21)30)26-18-25-10-6-13-29-28-11-3-4-14-31(28)35-32(20-26)34(25)29/h1-20H. The first-order valence-corrected chi connectivity index (χ1v) is 12.0. The summed E-state index contributed by atoms with van der Waals surface area (Å²) in [5.41, 5.74) is 4.80. The van der Waals surface area contributed by atoms with Crippen molar-refractivity contribution in [2.24, 2.45) is 0 Å². The van der Waals surface area contributed by atoms with Gasteiger partial charge in [-0.15, -0.1) is 0 Å². The largest absolute Gasteiger partial charge is 0.456 e. The quantitative estimate of drug-likeness (QED) is 0.181. The third-order valence-corrected chi connectivity index (χ3v) is 7.38. The van der Waals surface area contributed by atoms with Crippen molar-refractivity contribution in [2.75, 3.05) is 0 Å². The van der Waals surface area contributed by atoms with Crippen LogP contribution in [-0.4, -0.2) is 0 Å². The van der Waals surface area contributed by atoms with Crippen molar-refractivity contribution in [1.29, 1.82) is 0 Å². The molecular weight excluding hydrogens is 424 g/mol. The summed E-state index contributed by atoms with van der Waals surface area (Å²) in [6, 6.07) is 43.7. The van der Waals surface area contributed by atoms with Crippen molar-refractivity contribution < 1.29 is 4.74 Å². The number of ether oxygens (including phenoxy) is 1. The number of para-hydroxylation sites is 1. The molecule has 0 atom stereocenters. The van der Waals surface area contributed by atoms with Crippen molar-refractivity contribution in [2.45, 2.75) is 0 Å². The summed E-state index contributed by atoms with van der Waals surface area (Å²) in [7, 11) is 0. The maximum Gasteiger partial charge on any atom is 0.136 e. The van der Waals surface area contributed by atoms with Crippen LogP contribution in [0.25, 0.3) is 65.3 Å². The minimum absolute atomic E-state index is 0.916. The third kappa shape index (κ3) is 2.70. The summed E-state index contributed by atoms with van der Waals surface area (Å²) in [5.74, 6) is 1.84. The zero-order valence-electron chi connectivity index (χ0n) is 19.0. The molecular formula is C34H20O. The average Bonchev–Trinajstić information content (AvgIpc) is 2.91. The molecule has 162 valence electrons. The van der Waals surface area contributed by atoms with E-state index in [2.05, 4.69) is 115 Å². The van der Waals surface area contributed by atoms with Gasteiger partial charge in [0.05, 0.1) is 0 Å². The van der Waals surface area contributed by atoms with Gasteiger partial charge < -0.3 is 4.74 Å². The van der Waals surface area contributed by atoms with Gasteiger partial charge in [0, 0.05) is 10.9 Å². The Morgan fingerprint density at radius 1 is 0.371 bits per heavy atom. The molecule has 0 amide bonds. The molecule has 7 aromatic carbocycles. The van der Waals surface area contributed by atoms with Crippen molar-refractivity contribution in [3.05, 3.63) is 121 Å². The topological polar surface area (TPSA) is 9.23 Å². The second-order valence-electron chi connectivity index (χ2n) is 9.37. The van der Waals surface area contributed by atoms with Gasteiger partial charge in [-0.05, 0) is 84.7 Å². The lowest BCUT2D eigenvalue weighted by molar-refractivity contribution is 0.487. The van der Waals surface area contributed by atoms with Crippen LogP contribution in [0.3, 0.4) is 0 Å². The normalized spacial score (nSPS) is 12.2.